The van der Waals surface area contributed by atoms with Gasteiger partial charge in [-0.3, -0.25) is 0 Å². The molecule has 202 valence electrons. The highest BCUT2D eigenvalue weighted by molar-refractivity contribution is 7.99. The molecular formula is C33H34O5S. The molecule has 0 saturated carbocycles. The number of aliphatic hydroxyl groups excluding tert-OH is 1. The van der Waals surface area contributed by atoms with Crippen molar-refractivity contribution in [3.8, 4) is 0 Å². The van der Waals surface area contributed by atoms with Crippen LogP contribution in [-0.4, -0.2) is 41.6 Å². The Bertz CT molecular complexity index is 1230. The lowest BCUT2D eigenvalue weighted by atomic mass is 9.99. The SMILES string of the molecule is O[C@@H]1[C@H](OCc2ccccc2)[C@@H](OCc2ccccc2)[C@H](Sc2ccccc2)O[C@@H]1COCc1ccccc1. The first kappa shape index (κ1) is 27.6. The van der Waals surface area contributed by atoms with Crippen molar-refractivity contribution in [1.82, 2.24) is 0 Å². The quantitative estimate of drug-likeness (QED) is 0.228. The summed E-state index contributed by atoms with van der Waals surface area (Å²) < 4.78 is 25.4. The lowest BCUT2D eigenvalue weighted by Crippen LogP contribution is -2.59. The third-order valence-corrected chi connectivity index (χ3v) is 7.73. The maximum Gasteiger partial charge on any atom is 0.137 e. The Hall–Kier alpha value is -2.97. The fraction of sp³-hybridized carbons (Fsp3) is 0.273. The first-order valence-corrected chi connectivity index (χ1v) is 14.1. The van der Waals surface area contributed by atoms with Crippen LogP contribution in [0.25, 0.3) is 0 Å². The minimum atomic E-state index is -0.933. The van der Waals surface area contributed by atoms with Gasteiger partial charge >= 0.3 is 0 Å². The molecule has 39 heavy (non-hydrogen) atoms. The molecule has 5 atom stereocenters. The molecule has 0 radical (unpaired) electrons. The molecule has 5 rings (SSSR count). The van der Waals surface area contributed by atoms with E-state index < -0.39 is 29.9 Å². The second-order valence-corrected chi connectivity index (χ2v) is 10.7. The Labute approximate surface area is 234 Å². The van der Waals surface area contributed by atoms with E-state index in [4.69, 9.17) is 18.9 Å². The Morgan fingerprint density at radius 2 is 1.05 bits per heavy atom. The average molecular weight is 543 g/mol. The third-order valence-electron chi connectivity index (χ3n) is 6.58. The summed E-state index contributed by atoms with van der Waals surface area (Å²) in [6, 6.07) is 40.1. The van der Waals surface area contributed by atoms with Crippen LogP contribution in [0.1, 0.15) is 16.7 Å². The smallest absolute Gasteiger partial charge is 0.137 e. The molecule has 4 aromatic rings. The normalized spacial score (nSPS) is 22.9. The number of rotatable bonds is 12. The van der Waals surface area contributed by atoms with Gasteiger partial charge in [0, 0.05) is 4.90 Å². The summed E-state index contributed by atoms with van der Waals surface area (Å²) in [6.07, 6.45) is -2.64. The van der Waals surface area contributed by atoms with Crippen LogP contribution in [0.3, 0.4) is 0 Å². The Kier molecular flexibility index (Phi) is 10.2. The Morgan fingerprint density at radius 1 is 0.590 bits per heavy atom. The van der Waals surface area contributed by atoms with Crippen molar-refractivity contribution in [1.29, 1.82) is 0 Å². The Balaban J connectivity index is 1.36. The molecule has 1 saturated heterocycles. The maximum atomic E-state index is 11.5. The number of ether oxygens (including phenoxy) is 4. The number of thioether (sulfide) groups is 1. The molecule has 5 nitrogen and oxygen atoms in total. The van der Waals surface area contributed by atoms with Gasteiger partial charge in [0.1, 0.15) is 29.9 Å². The number of hydrogen-bond acceptors (Lipinski definition) is 6. The Morgan fingerprint density at radius 3 is 1.59 bits per heavy atom. The molecule has 4 aromatic carbocycles. The number of hydrogen-bond donors (Lipinski definition) is 1. The molecular weight excluding hydrogens is 508 g/mol. The van der Waals surface area contributed by atoms with E-state index in [1.165, 1.54) is 0 Å². The average Bonchev–Trinajstić information content (AvgIpc) is 2.99. The standard InChI is InChI=1S/C33H34O5S/c34-30-29(24-35-21-25-13-5-1-6-14-25)38-33(39-28-19-11-4-12-20-28)32(37-23-27-17-9-3-10-18-27)31(30)36-22-26-15-7-2-8-16-26/h1-20,29-34H,21-24H2/t29-,30+,31+,32-,33+/m1/s1. The van der Waals surface area contributed by atoms with Crippen molar-refractivity contribution in [2.45, 2.75) is 54.6 Å². The van der Waals surface area contributed by atoms with Gasteiger partial charge in [-0.25, -0.2) is 0 Å². The molecule has 0 unspecified atom stereocenters. The van der Waals surface area contributed by atoms with E-state index in [1.54, 1.807) is 11.8 Å². The summed E-state index contributed by atoms with van der Waals surface area (Å²) in [5.74, 6) is 0. The zero-order valence-electron chi connectivity index (χ0n) is 21.8. The molecule has 0 amide bonds. The summed E-state index contributed by atoms with van der Waals surface area (Å²) in [5, 5.41) is 11.5. The monoisotopic (exact) mass is 542 g/mol. The van der Waals surface area contributed by atoms with Crippen LogP contribution in [0.5, 0.6) is 0 Å². The molecule has 0 spiro atoms. The van der Waals surface area contributed by atoms with Crippen molar-refractivity contribution in [2.24, 2.45) is 0 Å². The van der Waals surface area contributed by atoms with E-state index in [0.29, 0.717) is 19.8 Å². The van der Waals surface area contributed by atoms with E-state index in [-0.39, 0.29) is 6.61 Å². The molecule has 1 aliphatic rings. The highest BCUT2D eigenvalue weighted by Crippen LogP contribution is 2.37. The predicted octanol–water partition coefficient (Wildman–Crippen LogP) is 6.25. The zero-order valence-corrected chi connectivity index (χ0v) is 22.6. The van der Waals surface area contributed by atoms with E-state index in [0.717, 1.165) is 21.6 Å². The molecule has 0 aromatic heterocycles. The van der Waals surface area contributed by atoms with Gasteiger partial charge in [-0.15, -0.1) is 0 Å². The predicted molar refractivity (Wildman–Crippen MR) is 153 cm³/mol. The lowest BCUT2D eigenvalue weighted by Gasteiger charge is -2.44. The van der Waals surface area contributed by atoms with Gasteiger partial charge in [-0.2, -0.15) is 0 Å². The first-order valence-electron chi connectivity index (χ1n) is 13.2. The van der Waals surface area contributed by atoms with Crippen molar-refractivity contribution >= 4 is 11.8 Å². The van der Waals surface area contributed by atoms with Crippen LogP contribution in [-0.2, 0) is 38.8 Å². The highest BCUT2D eigenvalue weighted by atomic mass is 32.2. The van der Waals surface area contributed by atoms with Crippen LogP contribution < -0.4 is 0 Å². The molecule has 0 bridgehead atoms. The van der Waals surface area contributed by atoms with E-state index >= 15 is 0 Å². The molecule has 6 heteroatoms. The van der Waals surface area contributed by atoms with Crippen LogP contribution in [0, 0.1) is 0 Å². The van der Waals surface area contributed by atoms with Crippen LogP contribution in [0.4, 0.5) is 0 Å². The van der Waals surface area contributed by atoms with Gasteiger partial charge in [0.25, 0.3) is 0 Å². The lowest BCUT2D eigenvalue weighted by molar-refractivity contribution is -0.240. The molecule has 1 aliphatic heterocycles. The van der Waals surface area contributed by atoms with Crippen molar-refractivity contribution in [2.75, 3.05) is 6.61 Å². The summed E-state index contributed by atoms with van der Waals surface area (Å²) in [4.78, 5) is 1.05. The summed E-state index contributed by atoms with van der Waals surface area (Å²) in [5.41, 5.74) is 2.73. The van der Waals surface area contributed by atoms with E-state index in [2.05, 4.69) is 0 Å². The minimum absolute atomic E-state index is 0.235. The van der Waals surface area contributed by atoms with Crippen molar-refractivity contribution in [3.05, 3.63) is 138 Å². The van der Waals surface area contributed by atoms with Gasteiger partial charge in [0.2, 0.25) is 0 Å². The molecule has 1 N–H and O–H groups in total. The van der Waals surface area contributed by atoms with Crippen LogP contribution in [0.15, 0.2) is 126 Å². The van der Waals surface area contributed by atoms with E-state index in [1.807, 2.05) is 121 Å². The van der Waals surface area contributed by atoms with Crippen molar-refractivity contribution < 1.29 is 24.1 Å². The first-order chi connectivity index (χ1) is 19.3. The van der Waals surface area contributed by atoms with Crippen molar-refractivity contribution in [3.63, 3.8) is 0 Å². The topological polar surface area (TPSA) is 57.2 Å². The molecule has 0 aliphatic carbocycles. The second kappa shape index (κ2) is 14.4. The van der Waals surface area contributed by atoms with Gasteiger partial charge in [-0.1, -0.05) is 121 Å². The maximum absolute atomic E-state index is 11.5. The largest absolute Gasteiger partial charge is 0.387 e. The third kappa shape index (κ3) is 8.02. The summed E-state index contributed by atoms with van der Waals surface area (Å²) >= 11 is 1.57. The van der Waals surface area contributed by atoms with Gasteiger partial charge in [0.05, 0.1) is 26.4 Å². The van der Waals surface area contributed by atoms with Gasteiger partial charge < -0.3 is 24.1 Å². The number of benzene rings is 4. The summed E-state index contributed by atoms with van der Waals surface area (Å²) in [6.45, 7) is 1.41. The fourth-order valence-electron chi connectivity index (χ4n) is 4.52. The zero-order chi connectivity index (χ0) is 26.7. The molecule has 1 fully saturated rings. The fourth-order valence-corrected chi connectivity index (χ4v) is 5.67. The van der Waals surface area contributed by atoms with Crippen LogP contribution in [0.2, 0.25) is 0 Å². The second-order valence-electron chi connectivity index (χ2n) is 9.49. The van der Waals surface area contributed by atoms with Gasteiger partial charge in [0.15, 0.2) is 0 Å². The highest BCUT2D eigenvalue weighted by Gasteiger charge is 2.47. The van der Waals surface area contributed by atoms with Crippen LogP contribution >= 0.6 is 11.8 Å². The molecule has 1 heterocycles. The van der Waals surface area contributed by atoms with E-state index in [9.17, 15) is 5.11 Å². The van der Waals surface area contributed by atoms with Gasteiger partial charge in [-0.05, 0) is 28.8 Å². The number of aliphatic hydroxyl groups is 1. The minimum Gasteiger partial charge on any atom is -0.387 e. The summed E-state index contributed by atoms with van der Waals surface area (Å²) in [7, 11) is 0.